The first kappa shape index (κ1) is 29.0. The molecule has 52 heavy (non-hydrogen) atoms. The van der Waals surface area contributed by atoms with Crippen molar-refractivity contribution in [3.8, 4) is 33.4 Å². The number of aryl methyl sites for hydroxylation is 1. The Morgan fingerprint density at radius 3 is 2.06 bits per heavy atom. The molecule has 10 aromatic rings. The van der Waals surface area contributed by atoms with Crippen LogP contribution in [0.15, 0.2) is 161 Å². The summed E-state index contributed by atoms with van der Waals surface area (Å²) in [7, 11) is 0. The monoisotopic (exact) mass is 694 g/mol. The molecule has 12 rings (SSSR count). The smallest absolute Gasteiger partial charge is 0.0368 e. The first-order valence-electron chi connectivity index (χ1n) is 18.1. The van der Waals surface area contributed by atoms with Gasteiger partial charge in [0.25, 0.3) is 0 Å². The first-order valence-corrected chi connectivity index (χ1v) is 19.8. The topological polar surface area (TPSA) is 0 Å². The van der Waals surface area contributed by atoms with E-state index in [1.54, 1.807) is 0 Å². The zero-order valence-electron chi connectivity index (χ0n) is 28.2. The number of hydrogen-bond donors (Lipinski definition) is 0. The third kappa shape index (κ3) is 4.11. The molecule has 0 unspecified atom stereocenters. The fraction of sp³-hybridized carbons (Fsp3) is 0.0400. The average molecular weight is 695 g/mol. The number of benzene rings is 9. The van der Waals surface area contributed by atoms with Gasteiger partial charge in [0.2, 0.25) is 0 Å². The summed E-state index contributed by atoms with van der Waals surface area (Å²) in [6.45, 7) is 0. The van der Waals surface area contributed by atoms with Crippen molar-refractivity contribution < 1.29 is 0 Å². The Morgan fingerprint density at radius 1 is 0.423 bits per heavy atom. The van der Waals surface area contributed by atoms with Crippen LogP contribution in [0.25, 0.3) is 103 Å². The normalized spacial score (nSPS) is 13.5. The molecule has 1 aliphatic carbocycles. The van der Waals surface area contributed by atoms with Crippen molar-refractivity contribution in [2.24, 2.45) is 0 Å². The van der Waals surface area contributed by atoms with E-state index in [0.717, 1.165) is 12.8 Å². The van der Waals surface area contributed by atoms with Crippen molar-refractivity contribution in [2.75, 3.05) is 0 Å². The number of rotatable bonds is 2. The molecule has 1 aliphatic heterocycles. The summed E-state index contributed by atoms with van der Waals surface area (Å²) in [5.74, 6) is 0. The van der Waals surface area contributed by atoms with Gasteiger partial charge < -0.3 is 0 Å². The van der Waals surface area contributed by atoms with E-state index < -0.39 is 0 Å². The van der Waals surface area contributed by atoms with Crippen molar-refractivity contribution in [2.45, 2.75) is 22.6 Å². The molecule has 0 bridgehead atoms. The van der Waals surface area contributed by atoms with Gasteiger partial charge in [-0.2, -0.15) is 0 Å². The molecule has 242 valence electrons. The quantitative estimate of drug-likeness (QED) is 0.162. The standard InChI is InChI=1S/C50H30S2/c1-3-12-33-29(10-1)24-42(37-16-7-5-14-35(33)37)31-20-22-39-44-28-48-49(41-18-9-19-45(50(41)44)51-46(39)26-31)40-23-21-32(27-47(40)52-48)43-25-30-11-2-4-13-34(30)36-15-6-8-17-38(36)43/h1-5,7-14,16-28H,6,15H2. The summed E-state index contributed by atoms with van der Waals surface area (Å²) in [6, 6.07) is 55.0. The molecule has 0 N–H and O–H groups in total. The van der Waals surface area contributed by atoms with Gasteiger partial charge in [-0.3, -0.25) is 0 Å². The van der Waals surface area contributed by atoms with Crippen molar-refractivity contribution >= 4 is 92.4 Å². The molecular formula is C50H30S2. The van der Waals surface area contributed by atoms with Crippen LogP contribution in [0.3, 0.4) is 0 Å². The lowest BCUT2D eigenvalue weighted by Gasteiger charge is -2.22. The van der Waals surface area contributed by atoms with Crippen molar-refractivity contribution in [1.82, 2.24) is 0 Å². The second kappa shape index (κ2) is 10.9. The van der Waals surface area contributed by atoms with Crippen LogP contribution >= 0.6 is 23.1 Å². The molecule has 1 aromatic heterocycles. The second-order valence-electron chi connectivity index (χ2n) is 14.3. The lowest BCUT2D eigenvalue weighted by atomic mass is 9.85. The summed E-state index contributed by atoms with van der Waals surface area (Å²) in [6.07, 6.45) is 6.90. The minimum Gasteiger partial charge on any atom is -0.135 e. The number of allylic oxidation sites excluding steroid dienone is 1. The fourth-order valence-corrected chi connectivity index (χ4v) is 11.5. The van der Waals surface area contributed by atoms with Crippen LogP contribution < -0.4 is 0 Å². The van der Waals surface area contributed by atoms with E-state index in [4.69, 9.17) is 0 Å². The molecule has 2 aliphatic rings. The van der Waals surface area contributed by atoms with Crippen molar-refractivity contribution in [3.63, 3.8) is 0 Å². The van der Waals surface area contributed by atoms with Crippen LogP contribution in [0.4, 0.5) is 0 Å². The summed E-state index contributed by atoms with van der Waals surface area (Å²) in [5, 5.41) is 13.4. The number of fused-ring (bicyclic) bond motifs is 12. The molecule has 0 radical (unpaired) electrons. The zero-order valence-corrected chi connectivity index (χ0v) is 29.9. The van der Waals surface area contributed by atoms with Gasteiger partial charge in [0.1, 0.15) is 0 Å². The number of thiophene rings is 1. The van der Waals surface area contributed by atoms with Gasteiger partial charge >= 0.3 is 0 Å². The maximum atomic E-state index is 2.48. The summed E-state index contributed by atoms with van der Waals surface area (Å²) >= 11 is 3.86. The lowest BCUT2D eigenvalue weighted by Crippen LogP contribution is -1.98. The van der Waals surface area contributed by atoms with Gasteiger partial charge in [-0.15, -0.1) is 11.3 Å². The van der Waals surface area contributed by atoms with E-state index in [9.17, 15) is 0 Å². The maximum Gasteiger partial charge on any atom is 0.0368 e. The van der Waals surface area contributed by atoms with E-state index in [1.165, 1.54) is 118 Å². The molecule has 0 atom stereocenters. The van der Waals surface area contributed by atoms with Crippen LogP contribution in [0.1, 0.15) is 17.5 Å². The molecule has 0 fully saturated rings. The van der Waals surface area contributed by atoms with E-state index in [0.29, 0.717) is 0 Å². The third-order valence-corrected chi connectivity index (χ3v) is 13.7. The van der Waals surface area contributed by atoms with Gasteiger partial charge in [-0.25, -0.2) is 0 Å². The summed E-state index contributed by atoms with van der Waals surface area (Å²) < 4.78 is 2.71. The highest BCUT2D eigenvalue weighted by molar-refractivity contribution is 7.99. The Hall–Kier alpha value is -5.67. The summed E-state index contributed by atoms with van der Waals surface area (Å²) in [4.78, 5) is 2.67. The minimum absolute atomic E-state index is 1.10. The van der Waals surface area contributed by atoms with Crippen LogP contribution in [-0.4, -0.2) is 0 Å². The molecule has 0 amide bonds. The fourth-order valence-electron chi connectivity index (χ4n) is 9.15. The molecule has 2 heterocycles. The van der Waals surface area contributed by atoms with Crippen molar-refractivity contribution in [3.05, 3.63) is 163 Å². The molecule has 0 nitrogen and oxygen atoms in total. The zero-order chi connectivity index (χ0) is 33.9. The predicted octanol–water partition coefficient (Wildman–Crippen LogP) is 15.1. The van der Waals surface area contributed by atoms with Crippen LogP contribution in [0.5, 0.6) is 0 Å². The number of hydrogen-bond acceptors (Lipinski definition) is 2. The first-order chi connectivity index (χ1) is 25.8. The lowest BCUT2D eigenvalue weighted by molar-refractivity contribution is 0.998. The van der Waals surface area contributed by atoms with E-state index in [-0.39, 0.29) is 0 Å². The van der Waals surface area contributed by atoms with Gasteiger partial charge in [0.15, 0.2) is 0 Å². The van der Waals surface area contributed by atoms with E-state index >= 15 is 0 Å². The Kier molecular flexibility index (Phi) is 6.08. The summed E-state index contributed by atoms with van der Waals surface area (Å²) in [5.41, 5.74) is 10.8. The van der Waals surface area contributed by atoms with Gasteiger partial charge in [-0.05, 0) is 131 Å². The highest BCUT2D eigenvalue weighted by Crippen LogP contribution is 2.53. The van der Waals surface area contributed by atoms with E-state index in [1.807, 2.05) is 23.1 Å². The molecule has 0 spiro atoms. The Bertz CT molecular complexity index is 3210. The van der Waals surface area contributed by atoms with Crippen LogP contribution in [0, 0.1) is 0 Å². The molecule has 0 saturated heterocycles. The Labute approximate surface area is 309 Å². The van der Waals surface area contributed by atoms with Gasteiger partial charge in [-0.1, -0.05) is 133 Å². The Balaban J connectivity index is 1.04. The minimum atomic E-state index is 1.10. The van der Waals surface area contributed by atoms with E-state index in [2.05, 4.69) is 158 Å². The molecule has 0 saturated carbocycles. The predicted molar refractivity (Wildman–Crippen MR) is 227 cm³/mol. The highest BCUT2D eigenvalue weighted by atomic mass is 32.2. The Morgan fingerprint density at radius 2 is 1.15 bits per heavy atom. The largest absolute Gasteiger partial charge is 0.135 e. The molecular weight excluding hydrogens is 665 g/mol. The highest BCUT2D eigenvalue weighted by Gasteiger charge is 2.24. The third-order valence-electron chi connectivity index (χ3n) is 11.5. The van der Waals surface area contributed by atoms with Crippen LogP contribution in [0.2, 0.25) is 0 Å². The SMILES string of the molecule is C1=Cc2c(-c3ccc4c(c3)sc3cc5c6c(cccc6c34)Sc3cc(-c4cc6ccccc6c6ccccc46)ccc3-5)cc3ccccc3c2CC1. The maximum absolute atomic E-state index is 2.48. The van der Waals surface area contributed by atoms with Gasteiger partial charge in [0.05, 0.1) is 0 Å². The van der Waals surface area contributed by atoms with Crippen LogP contribution in [-0.2, 0) is 6.42 Å². The molecule has 9 aromatic carbocycles. The van der Waals surface area contributed by atoms with Crippen molar-refractivity contribution in [1.29, 1.82) is 0 Å². The van der Waals surface area contributed by atoms with Gasteiger partial charge in [0, 0.05) is 35.3 Å². The second-order valence-corrected chi connectivity index (χ2v) is 16.4. The average Bonchev–Trinajstić information content (AvgIpc) is 3.58. The molecule has 2 heteroatoms.